The van der Waals surface area contributed by atoms with E-state index >= 15 is 0 Å². The summed E-state index contributed by atoms with van der Waals surface area (Å²) in [5.41, 5.74) is 3.14. The highest BCUT2D eigenvalue weighted by Crippen LogP contribution is 2.47. The molecule has 0 aliphatic heterocycles. The summed E-state index contributed by atoms with van der Waals surface area (Å²) in [4.78, 5) is 23.3. The molecule has 0 heterocycles. The van der Waals surface area contributed by atoms with Gasteiger partial charge in [-0.25, -0.2) is 0 Å². The fraction of sp³-hybridized carbons (Fsp3) is 0.379. The molecule has 0 spiro atoms. The third-order valence-corrected chi connectivity index (χ3v) is 6.32. The Morgan fingerprint density at radius 3 is 2.03 bits per heavy atom. The number of hydrogen-bond acceptors (Lipinski definition) is 6. The Hall–Kier alpha value is -3.54. The quantitative estimate of drug-likeness (QED) is 0.182. The molecule has 0 radical (unpaired) electrons. The Bertz CT molecular complexity index is 1170. The zero-order chi connectivity index (χ0) is 25.4. The first kappa shape index (κ1) is 26.1. The van der Waals surface area contributed by atoms with E-state index < -0.39 is 0 Å². The lowest BCUT2D eigenvalue weighted by atomic mass is 9.82. The Morgan fingerprint density at radius 1 is 0.829 bits per heavy atom. The van der Waals surface area contributed by atoms with Gasteiger partial charge < -0.3 is 18.9 Å². The summed E-state index contributed by atoms with van der Waals surface area (Å²) in [6.45, 7) is 3.82. The van der Waals surface area contributed by atoms with Gasteiger partial charge in [-0.1, -0.05) is 49.7 Å². The molecular formula is C29H34O6. The monoisotopic (exact) mass is 478 g/mol. The first-order chi connectivity index (χ1) is 16.9. The van der Waals surface area contributed by atoms with Gasteiger partial charge in [-0.05, 0) is 43.0 Å². The van der Waals surface area contributed by atoms with E-state index in [1.165, 1.54) is 7.11 Å². The van der Waals surface area contributed by atoms with Crippen molar-refractivity contribution in [2.45, 2.75) is 51.9 Å². The molecule has 0 fully saturated rings. The van der Waals surface area contributed by atoms with Crippen LogP contribution in [0.25, 0.3) is 10.8 Å². The SMILES string of the molecule is CCC(=O)Oc1ccc([C@H](CCCCC(=O)OC)c2c(C)c(OC)c3ccccc3c2OC)cc1. The zero-order valence-electron chi connectivity index (χ0n) is 21.2. The Labute approximate surface area is 207 Å². The van der Waals surface area contributed by atoms with Crippen LogP contribution in [-0.2, 0) is 14.3 Å². The van der Waals surface area contributed by atoms with Crippen molar-refractivity contribution >= 4 is 22.7 Å². The predicted octanol–water partition coefficient (Wildman–Crippen LogP) is 6.35. The topological polar surface area (TPSA) is 71.1 Å². The molecule has 1 atom stereocenters. The second-order valence-electron chi connectivity index (χ2n) is 8.42. The summed E-state index contributed by atoms with van der Waals surface area (Å²) in [6, 6.07) is 15.7. The van der Waals surface area contributed by atoms with E-state index in [1.54, 1.807) is 21.1 Å². The maximum atomic E-state index is 11.7. The molecule has 0 aliphatic rings. The normalized spacial score (nSPS) is 11.7. The molecule has 3 aromatic rings. The molecule has 6 heteroatoms. The van der Waals surface area contributed by atoms with E-state index in [2.05, 4.69) is 6.92 Å². The number of rotatable bonds is 11. The van der Waals surface area contributed by atoms with Crippen molar-refractivity contribution in [1.82, 2.24) is 0 Å². The van der Waals surface area contributed by atoms with Gasteiger partial charge in [-0.15, -0.1) is 0 Å². The Kier molecular flexibility index (Phi) is 9.12. The van der Waals surface area contributed by atoms with Crippen LogP contribution in [0.2, 0.25) is 0 Å². The summed E-state index contributed by atoms with van der Waals surface area (Å²) in [7, 11) is 4.79. The molecule has 0 N–H and O–H groups in total. The fourth-order valence-corrected chi connectivity index (χ4v) is 4.59. The molecule has 35 heavy (non-hydrogen) atoms. The van der Waals surface area contributed by atoms with Crippen LogP contribution in [-0.4, -0.2) is 33.3 Å². The summed E-state index contributed by atoms with van der Waals surface area (Å²) in [5.74, 6) is 1.67. The van der Waals surface area contributed by atoms with Crippen molar-refractivity contribution in [3.8, 4) is 17.2 Å². The van der Waals surface area contributed by atoms with Gasteiger partial charge in [0.2, 0.25) is 0 Å². The zero-order valence-corrected chi connectivity index (χ0v) is 21.2. The third kappa shape index (κ3) is 5.94. The van der Waals surface area contributed by atoms with Gasteiger partial charge in [0.1, 0.15) is 17.2 Å². The maximum absolute atomic E-state index is 11.7. The minimum Gasteiger partial charge on any atom is -0.496 e. The molecule has 6 nitrogen and oxygen atoms in total. The van der Waals surface area contributed by atoms with Gasteiger partial charge in [0.05, 0.1) is 21.3 Å². The van der Waals surface area contributed by atoms with E-state index in [0.29, 0.717) is 18.6 Å². The molecule has 0 aliphatic carbocycles. The van der Waals surface area contributed by atoms with Crippen molar-refractivity contribution in [2.75, 3.05) is 21.3 Å². The highest BCUT2D eigenvalue weighted by molar-refractivity contribution is 5.96. The standard InChI is InChI=1S/C29H34O6/c1-6-25(30)35-21-17-15-20(16-18-21)22(11-9-10-14-26(31)32-3)27-19(2)28(33-4)23-12-7-8-13-24(23)29(27)34-5/h7-8,12-13,15-18,22H,6,9-11,14H2,1-5H3/t22-/m0/s1. The predicted molar refractivity (Wildman–Crippen MR) is 136 cm³/mol. The number of benzene rings is 3. The van der Waals surface area contributed by atoms with E-state index in [0.717, 1.165) is 58.2 Å². The van der Waals surface area contributed by atoms with E-state index in [-0.39, 0.29) is 17.9 Å². The molecule has 0 unspecified atom stereocenters. The number of methoxy groups -OCH3 is 3. The molecule has 0 amide bonds. The number of carbonyl (C=O) groups excluding carboxylic acids is 2. The third-order valence-electron chi connectivity index (χ3n) is 6.32. The van der Waals surface area contributed by atoms with Crippen LogP contribution < -0.4 is 14.2 Å². The number of hydrogen-bond donors (Lipinski definition) is 0. The molecule has 3 rings (SSSR count). The van der Waals surface area contributed by atoms with Crippen LogP contribution in [0, 0.1) is 6.92 Å². The lowest BCUT2D eigenvalue weighted by molar-refractivity contribution is -0.140. The van der Waals surface area contributed by atoms with E-state index in [1.807, 2.05) is 48.5 Å². The molecule has 3 aromatic carbocycles. The van der Waals surface area contributed by atoms with Gasteiger partial charge >= 0.3 is 11.9 Å². The average Bonchev–Trinajstić information content (AvgIpc) is 2.88. The van der Waals surface area contributed by atoms with Crippen molar-refractivity contribution in [1.29, 1.82) is 0 Å². The lowest BCUT2D eigenvalue weighted by Gasteiger charge is -2.26. The molecule has 0 bridgehead atoms. The fourth-order valence-electron chi connectivity index (χ4n) is 4.59. The van der Waals surface area contributed by atoms with Crippen LogP contribution in [0.4, 0.5) is 0 Å². The number of unbranched alkanes of at least 4 members (excludes halogenated alkanes) is 1. The van der Waals surface area contributed by atoms with Gasteiger partial charge in [0, 0.05) is 35.1 Å². The summed E-state index contributed by atoms with van der Waals surface area (Å²) >= 11 is 0. The summed E-state index contributed by atoms with van der Waals surface area (Å²) in [5, 5.41) is 1.99. The van der Waals surface area contributed by atoms with Crippen LogP contribution >= 0.6 is 0 Å². The van der Waals surface area contributed by atoms with Crippen LogP contribution in [0.15, 0.2) is 48.5 Å². The van der Waals surface area contributed by atoms with Crippen LogP contribution in [0.5, 0.6) is 17.2 Å². The van der Waals surface area contributed by atoms with Gasteiger partial charge in [0.25, 0.3) is 0 Å². The first-order valence-electron chi connectivity index (χ1n) is 12.0. The van der Waals surface area contributed by atoms with Gasteiger partial charge in [0.15, 0.2) is 0 Å². The second kappa shape index (κ2) is 12.2. The molecule has 0 aromatic heterocycles. The Balaban J connectivity index is 2.09. The molecule has 0 saturated heterocycles. The van der Waals surface area contributed by atoms with Gasteiger partial charge in [-0.2, -0.15) is 0 Å². The van der Waals surface area contributed by atoms with Crippen molar-refractivity contribution in [3.05, 3.63) is 65.2 Å². The minimum atomic E-state index is -0.270. The number of esters is 2. The molecule has 186 valence electrons. The summed E-state index contributed by atoms with van der Waals surface area (Å²) < 4.78 is 22.0. The smallest absolute Gasteiger partial charge is 0.310 e. The molecule has 0 saturated carbocycles. The average molecular weight is 479 g/mol. The van der Waals surface area contributed by atoms with Gasteiger partial charge in [-0.3, -0.25) is 9.59 Å². The second-order valence-corrected chi connectivity index (χ2v) is 8.42. The number of fused-ring (bicyclic) bond motifs is 1. The summed E-state index contributed by atoms with van der Waals surface area (Å²) in [6.07, 6.45) is 3.04. The lowest BCUT2D eigenvalue weighted by Crippen LogP contribution is -2.09. The number of ether oxygens (including phenoxy) is 4. The highest BCUT2D eigenvalue weighted by atomic mass is 16.5. The van der Waals surface area contributed by atoms with Crippen molar-refractivity contribution in [2.24, 2.45) is 0 Å². The highest BCUT2D eigenvalue weighted by Gasteiger charge is 2.26. The molecular weight excluding hydrogens is 444 g/mol. The Morgan fingerprint density at radius 2 is 1.46 bits per heavy atom. The van der Waals surface area contributed by atoms with Crippen LogP contribution in [0.1, 0.15) is 61.6 Å². The van der Waals surface area contributed by atoms with Crippen LogP contribution in [0.3, 0.4) is 0 Å². The minimum absolute atomic E-state index is 0.0166. The maximum Gasteiger partial charge on any atom is 0.310 e. The first-order valence-corrected chi connectivity index (χ1v) is 12.0. The van der Waals surface area contributed by atoms with Crippen molar-refractivity contribution in [3.63, 3.8) is 0 Å². The van der Waals surface area contributed by atoms with E-state index in [9.17, 15) is 9.59 Å². The van der Waals surface area contributed by atoms with E-state index in [4.69, 9.17) is 18.9 Å². The number of carbonyl (C=O) groups is 2. The van der Waals surface area contributed by atoms with Crippen molar-refractivity contribution < 1.29 is 28.5 Å². The largest absolute Gasteiger partial charge is 0.496 e.